The molecule has 2 aliphatic heterocycles. The van der Waals surface area contributed by atoms with E-state index in [-0.39, 0.29) is 5.60 Å². The molecular weight excluding hydrogens is 164 g/mol. The van der Waals surface area contributed by atoms with Crippen molar-refractivity contribution in [1.29, 1.82) is 0 Å². The third kappa shape index (κ3) is 1.73. The summed E-state index contributed by atoms with van der Waals surface area (Å²) < 4.78 is 5.82. The van der Waals surface area contributed by atoms with Crippen molar-refractivity contribution in [1.82, 2.24) is 10.2 Å². The van der Waals surface area contributed by atoms with Crippen LogP contribution in [0.3, 0.4) is 0 Å². The van der Waals surface area contributed by atoms with Crippen molar-refractivity contribution in [3.63, 3.8) is 0 Å². The van der Waals surface area contributed by atoms with Crippen LogP contribution in [0.4, 0.5) is 0 Å². The molecule has 0 aliphatic carbocycles. The van der Waals surface area contributed by atoms with Crippen molar-refractivity contribution in [3.05, 3.63) is 0 Å². The first-order valence-corrected chi connectivity index (χ1v) is 5.34. The standard InChI is InChI=1S/C10H20N2O/c1-3-9(2)12-4-5-13-10(8-12)6-11-7-10/h9,11H,3-8H2,1-2H3. The second-order valence-corrected chi connectivity index (χ2v) is 4.36. The van der Waals surface area contributed by atoms with E-state index >= 15 is 0 Å². The van der Waals surface area contributed by atoms with Crippen LogP contribution >= 0.6 is 0 Å². The largest absolute Gasteiger partial charge is 0.370 e. The zero-order valence-corrected chi connectivity index (χ0v) is 8.68. The van der Waals surface area contributed by atoms with Gasteiger partial charge in [0.1, 0.15) is 5.60 Å². The van der Waals surface area contributed by atoms with E-state index in [0.29, 0.717) is 6.04 Å². The Morgan fingerprint density at radius 1 is 1.54 bits per heavy atom. The molecule has 0 saturated carbocycles. The Bertz CT molecular complexity index is 180. The number of hydrogen-bond donors (Lipinski definition) is 1. The molecule has 2 saturated heterocycles. The van der Waals surface area contributed by atoms with Crippen LogP contribution in [-0.2, 0) is 4.74 Å². The van der Waals surface area contributed by atoms with Crippen LogP contribution in [0.25, 0.3) is 0 Å². The average Bonchev–Trinajstić information content (AvgIpc) is 2.14. The van der Waals surface area contributed by atoms with Crippen LogP contribution in [0.5, 0.6) is 0 Å². The Morgan fingerprint density at radius 3 is 2.85 bits per heavy atom. The monoisotopic (exact) mass is 184 g/mol. The van der Waals surface area contributed by atoms with Gasteiger partial charge >= 0.3 is 0 Å². The minimum absolute atomic E-state index is 0.168. The number of ether oxygens (including phenoxy) is 1. The Morgan fingerprint density at radius 2 is 2.31 bits per heavy atom. The summed E-state index contributed by atoms with van der Waals surface area (Å²) in [5.41, 5.74) is 0.168. The van der Waals surface area contributed by atoms with Gasteiger partial charge in [-0.2, -0.15) is 0 Å². The Labute approximate surface area is 80.4 Å². The van der Waals surface area contributed by atoms with Crippen molar-refractivity contribution >= 4 is 0 Å². The van der Waals surface area contributed by atoms with E-state index in [1.54, 1.807) is 0 Å². The zero-order valence-electron chi connectivity index (χ0n) is 8.68. The molecule has 2 heterocycles. The van der Waals surface area contributed by atoms with Crippen LogP contribution in [0, 0.1) is 0 Å². The van der Waals surface area contributed by atoms with E-state index in [1.807, 2.05) is 0 Å². The topological polar surface area (TPSA) is 24.5 Å². The zero-order chi connectivity index (χ0) is 9.31. The highest BCUT2D eigenvalue weighted by atomic mass is 16.5. The predicted octanol–water partition coefficient (Wildman–Crippen LogP) is 0.459. The van der Waals surface area contributed by atoms with E-state index in [9.17, 15) is 0 Å². The molecule has 0 amide bonds. The van der Waals surface area contributed by atoms with E-state index in [1.165, 1.54) is 6.42 Å². The van der Waals surface area contributed by atoms with Crippen molar-refractivity contribution < 1.29 is 4.74 Å². The van der Waals surface area contributed by atoms with E-state index in [4.69, 9.17) is 4.74 Å². The van der Waals surface area contributed by atoms with Gasteiger partial charge in [-0.1, -0.05) is 6.92 Å². The molecule has 1 unspecified atom stereocenters. The highest BCUT2D eigenvalue weighted by Gasteiger charge is 2.42. The maximum Gasteiger partial charge on any atom is 0.106 e. The molecule has 2 aliphatic rings. The van der Waals surface area contributed by atoms with Crippen molar-refractivity contribution in [2.75, 3.05) is 32.8 Å². The maximum atomic E-state index is 5.82. The van der Waals surface area contributed by atoms with Crippen LogP contribution in [0.2, 0.25) is 0 Å². The minimum Gasteiger partial charge on any atom is -0.370 e. The van der Waals surface area contributed by atoms with Gasteiger partial charge in [-0.25, -0.2) is 0 Å². The van der Waals surface area contributed by atoms with Crippen molar-refractivity contribution in [2.24, 2.45) is 0 Å². The van der Waals surface area contributed by atoms with Gasteiger partial charge in [-0.3, -0.25) is 4.90 Å². The van der Waals surface area contributed by atoms with Gasteiger partial charge in [0.2, 0.25) is 0 Å². The predicted molar refractivity (Wildman–Crippen MR) is 52.9 cm³/mol. The molecule has 1 N–H and O–H groups in total. The summed E-state index contributed by atoms with van der Waals surface area (Å²) in [6.07, 6.45) is 1.24. The van der Waals surface area contributed by atoms with Gasteiger partial charge in [0.15, 0.2) is 0 Å². The van der Waals surface area contributed by atoms with Gasteiger partial charge in [0.05, 0.1) is 6.61 Å². The molecule has 1 atom stereocenters. The second kappa shape index (κ2) is 3.56. The van der Waals surface area contributed by atoms with Gasteiger partial charge in [-0.05, 0) is 13.3 Å². The van der Waals surface area contributed by atoms with E-state index in [0.717, 1.165) is 32.8 Å². The van der Waals surface area contributed by atoms with Gasteiger partial charge < -0.3 is 10.1 Å². The highest BCUT2D eigenvalue weighted by molar-refractivity contribution is 4.99. The SMILES string of the molecule is CCC(C)N1CCOC2(CNC2)C1. The second-order valence-electron chi connectivity index (χ2n) is 4.36. The molecule has 1 spiro atoms. The summed E-state index contributed by atoms with van der Waals surface area (Å²) in [5.74, 6) is 0. The minimum atomic E-state index is 0.168. The molecule has 0 radical (unpaired) electrons. The summed E-state index contributed by atoms with van der Waals surface area (Å²) in [6, 6.07) is 0.710. The first-order chi connectivity index (χ1) is 6.26. The summed E-state index contributed by atoms with van der Waals surface area (Å²) in [7, 11) is 0. The maximum absolute atomic E-state index is 5.82. The summed E-state index contributed by atoms with van der Waals surface area (Å²) in [4.78, 5) is 2.56. The fourth-order valence-corrected chi connectivity index (χ4v) is 2.13. The molecule has 0 aromatic heterocycles. The number of morpholine rings is 1. The Hall–Kier alpha value is -0.120. The molecule has 0 aromatic rings. The number of nitrogens with one attached hydrogen (secondary N) is 1. The summed E-state index contributed by atoms with van der Waals surface area (Å²) in [5, 5.41) is 3.30. The van der Waals surface area contributed by atoms with Crippen LogP contribution in [0.1, 0.15) is 20.3 Å². The lowest BCUT2D eigenvalue weighted by Gasteiger charge is -2.50. The molecule has 3 heteroatoms. The Balaban J connectivity index is 1.92. The van der Waals surface area contributed by atoms with E-state index in [2.05, 4.69) is 24.1 Å². The molecule has 2 rings (SSSR count). The quantitative estimate of drug-likeness (QED) is 0.675. The lowest BCUT2D eigenvalue weighted by Crippen LogP contribution is -2.69. The fraction of sp³-hybridized carbons (Fsp3) is 1.00. The lowest BCUT2D eigenvalue weighted by atomic mass is 9.94. The van der Waals surface area contributed by atoms with Gasteiger partial charge in [0, 0.05) is 32.2 Å². The van der Waals surface area contributed by atoms with Crippen LogP contribution in [-0.4, -0.2) is 49.3 Å². The lowest BCUT2D eigenvalue weighted by molar-refractivity contribution is -0.142. The third-order valence-corrected chi connectivity index (χ3v) is 3.39. The van der Waals surface area contributed by atoms with Gasteiger partial charge in [0.25, 0.3) is 0 Å². The van der Waals surface area contributed by atoms with Crippen molar-refractivity contribution in [3.8, 4) is 0 Å². The third-order valence-electron chi connectivity index (χ3n) is 3.39. The summed E-state index contributed by atoms with van der Waals surface area (Å²) in [6.45, 7) is 9.79. The first-order valence-electron chi connectivity index (χ1n) is 5.34. The molecule has 0 aromatic carbocycles. The molecule has 76 valence electrons. The summed E-state index contributed by atoms with van der Waals surface area (Å²) >= 11 is 0. The first kappa shape index (κ1) is 9.44. The average molecular weight is 184 g/mol. The molecule has 3 nitrogen and oxygen atoms in total. The van der Waals surface area contributed by atoms with Crippen LogP contribution in [0.15, 0.2) is 0 Å². The number of rotatable bonds is 2. The van der Waals surface area contributed by atoms with Gasteiger partial charge in [-0.15, -0.1) is 0 Å². The molecule has 0 bridgehead atoms. The normalized spacial score (nSPS) is 30.0. The van der Waals surface area contributed by atoms with Crippen LogP contribution < -0.4 is 5.32 Å². The highest BCUT2D eigenvalue weighted by Crippen LogP contribution is 2.23. The number of hydrogen-bond acceptors (Lipinski definition) is 3. The van der Waals surface area contributed by atoms with E-state index < -0.39 is 0 Å². The Kier molecular flexibility index (Phi) is 2.58. The molecule has 13 heavy (non-hydrogen) atoms. The number of nitrogens with zero attached hydrogens (tertiary/aromatic N) is 1. The van der Waals surface area contributed by atoms with Crippen molar-refractivity contribution in [2.45, 2.75) is 31.9 Å². The fourth-order valence-electron chi connectivity index (χ4n) is 2.13. The molecular formula is C10H20N2O. The molecule has 2 fully saturated rings. The smallest absolute Gasteiger partial charge is 0.106 e.